The van der Waals surface area contributed by atoms with Crippen molar-refractivity contribution in [1.82, 2.24) is 4.98 Å². The van der Waals surface area contributed by atoms with Crippen molar-refractivity contribution in [2.24, 2.45) is 5.73 Å². The highest BCUT2D eigenvalue weighted by Crippen LogP contribution is 2.33. The van der Waals surface area contributed by atoms with Crippen LogP contribution in [-0.4, -0.2) is 4.98 Å². The number of thiazole rings is 1. The quantitative estimate of drug-likeness (QED) is 0.895. The largest absolute Gasteiger partial charge is 0.326 e. The molecule has 0 aliphatic rings. The highest BCUT2D eigenvalue weighted by Gasteiger charge is 2.08. The second kappa shape index (κ2) is 4.49. The highest BCUT2D eigenvalue weighted by molar-refractivity contribution is 7.15. The van der Waals surface area contributed by atoms with Gasteiger partial charge in [0.1, 0.15) is 5.01 Å². The number of benzene rings is 1. The van der Waals surface area contributed by atoms with Gasteiger partial charge in [0, 0.05) is 28.2 Å². The maximum absolute atomic E-state index is 6.06. The van der Waals surface area contributed by atoms with Crippen LogP contribution in [0.3, 0.4) is 0 Å². The van der Waals surface area contributed by atoms with Gasteiger partial charge in [0.15, 0.2) is 0 Å². The lowest BCUT2D eigenvalue weighted by Crippen LogP contribution is -1.91. The minimum Gasteiger partial charge on any atom is -0.326 e. The molecule has 2 nitrogen and oxygen atoms in total. The summed E-state index contributed by atoms with van der Waals surface area (Å²) in [5.41, 5.74) is 6.38. The first-order chi connectivity index (χ1) is 7.20. The van der Waals surface area contributed by atoms with Crippen LogP contribution in [0.1, 0.15) is 4.88 Å². The molecule has 0 fully saturated rings. The van der Waals surface area contributed by atoms with Gasteiger partial charge in [0.2, 0.25) is 0 Å². The van der Waals surface area contributed by atoms with Gasteiger partial charge in [0.05, 0.1) is 5.02 Å². The Morgan fingerprint density at radius 3 is 2.80 bits per heavy atom. The van der Waals surface area contributed by atoms with E-state index < -0.39 is 0 Å². The second-order valence-corrected chi connectivity index (χ2v) is 4.92. The Kier molecular flexibility index (Phi) is 3.26. The molecule has 0 unspecified atom stereocenters. The Balaban J connectivity index is 2.48. The van der Waals surface area contributed by atoms with Gasteiger partial charge < -0.3 is 5.73 Å². The van der Waals surface area contributed by atoms with E-state index >= 15 is 0 Å². The topological polar surface area (TPSA) is 38.9 Å². The van der Waals surface area contributed by atoms with Crippen molar-refractivity contribution < 1.29 is 0 Å². The molecule has 2 aromatic rings. The Bertz CT molecular complexity index is 482. The molecule has 0 saturated carbocycles. The van der Waals surface area contributed by atoms with Crippen LogP contribution in [0.15, 0.2) is 24.4 Å². The average Bonchev–Trinajstić information content (AvgIpc) is 2.70. The fourth-order valence-corrected chi connectivity index (χ4v) is 2.44. The molecule has 0 aliphatic carbocycles. The molecule has 0 radical (unpaired) electrons. The molecule has 78 valence electrons. The monoisotopic (exact) mass is 258 g/mol. The van der Waals surface area contributed by atoms with Gasteiger partial charge in [-0.25, -0.2) is 4.98 Å². The molecule has 0 atom stereocenters. The van der Waals surface area contributed by atoms with Crippen LogP contribution in [0.4, 0.5) is 0 Å². The van der Waals surface area contributed by atoms with Gasteiger partial charge in [-0.15, -0.1) is 11.3 Å². The Morgan fingerprint density at radius 1 is 1.33 bits per heavy atom. The normalized spacial score (nSPS) is 10.6. The second-order valence-electron chi connectivity index (χ2n) is 2.96. The maximum atomic E-state index is 6.06. The van der Waals surface area contributed by atoms with E-state index in [4.69, 9.17) is 28.9 Å². The van der Waals surface area contributed by atoms with Crippen LogP contribution in [0.5, 0.6) is 0 Å². The van der Waals surface area contributed by atoms with Crippen LogP contribution in [0, 0.1) is 0 Å². The molecular weight excluding hydrogens is 251 g/mol. The highest BCUT2D eigenvalue weighted by atomic mass is 35.5. The number of hydrogen-bond acceptors (Lipinski definition) is 3. The SMILES string of the molecule is NCc1cnc(-c2cc(Cl)ccc2Cl)s1. The molecular formula is C10H8Cl2N2S. The van der Waals surface area contributed by atoms with E-state index in [1.54, 1.807) is 18.3 Å². The lowest BCUT2D eigenvalue weighted by atomic mass is 10.2. The van der Waals surface area contributed by atoms with Crippen LogP contribution < -0.4 is 5.73 Å². The molecule has 0 saturated heterocycles. The summed E-state index contributed by atoms with van der Waals surface area (Å²) < 4.78 is 0. The van der Waals surface area contributed by atoms with Crippen molar-refractivity contribution in [2.75, 3.05) is 0 Å². The summed E-state index contributed by atoms with van der Waals surface area (Å²) in [6.45, 7) is 0.496. The number of halogens is 2. The van der Waals surface area contributed by atoms with E-state index in [1.807, 2.05) is 6.07 Å². The van der Waals surface area contributed by atoms with Gasteiger partial charge in [-0.3, -0.25) is 0 Å². The van der Waals surface area contributed by atoms with Gasteiger partial charge >= 0.3 is 0 Å². The molecule has 1 aromatic heterocycles. The first-order valence-electron chi connectivity index (χ1n) is 4.31. The van der Waals surface area contributed by atoms with Crippen LogP contribution >= 0.6 is 34.5 Å². The summed E-state index contributed by atoms with van der Waals surface area (Å²) in [7, 11) is 0. The number of nitrogens with two attached hydrogens (primary N) is 1. The molecule has 15 heavy (non-hydrogen) atoms. The van der Waals surface area contributed by atoms with E-state index in [0.717, 1.165) is 15.4 Å². The zero-order valence-corrected chi connectivity index (χ0v) is 10.0. The third kappa shape index (κ3) is 2.32. The third-order valence-corrected chi connectivity index (χ3v) is 3.53. The minimum absolute atomic E-state index is 0.496. The molecule has 0 spiro atoms. The van der Waals surface area contributed by atoms with E-state index in [1.165, 1.54) is 11.3 Å². The van der Waals surface area contributed by atoms with Gasteiger partial charge in [-0.1, -0.05) is 23.2 Å². The van der Waals surface area contributed by atoms with Gasteiger partial charge in [-0.2, -0.15) is 0 Å². The van der Waals surface area contributed by atoms with Crippen molar-refractivity contribution in [2.45, 2.75) is 6.54 Å². The average molecular weight is 259 g/mol. The lowest BCUT2D eigenvalue weighted by Gasteiger charge is -2.00. The van der Waals surface area contributed by atoms with Crippen LogP contribution in [0.2, 0.25) is 10.0 Å². The molecule has 2 N–H and O–H groups in total. The number of rotatable bonds is 2. The van der Waals surface area contributed by atoms with Crippen molar-refractivity contribution in [3.8, 4) is 10.6 Å². The van der Waals surface area contributed by atoms with E-state index in [9.17, 15) is 0 Å². The van der Waals surface area contributed by atoms with Gasteiger partial charge in [-0.05, 0) is 18.2 Å². The Hall–Kier alpha value is -0.610. The van der Waals surface area contributed by atoms with Crippen molar-refractivity contribution in [3.05, 3.63) is 39.3 Å². The first-order valence-corrected chi connectivity index (χ1v) is 5.88. The smallest absolute Gasteiger partial charge is 0.125 e. The summed E-state index contributed by atoms with van der Waals surface area (Å²) >= 11 is 13.5. The van der Waals surface area contributed by atoms with Crippen LogP contribution in [-0.2, 0) is 6.54 Å². The zero-order valence-electron chi connectivity index (χ0n) is 7.71. The van der Waals surface area contributed by atoms with E-state index in [2.05, 4.69) is 4.98 Å². The summed E-state index contributed by atoms with van der Waals surface area (Å²) in [5, 5.41) is 2.15. The summed E-state index contributed by atoms with van der Waals surface area (Å²) in [4.78, 5) is 5.28. The van der Waals surface area contributed by atoms with E-state index in [0.29, 0.717) is 16.6 Å². The summed E-state index contributed by atoms with van der Waals surface area (Å²) in [5.74, 6) is 0. The first kappa shape index (κ1) is 10.9. The third-order valence-electron chi connectivity index (χ3n) is 1.91. The summed E-state index contributed by atoms with van der Waals surface area (Å²) in [6, 6.07) is 5.33. The Labute approximate surface area is 102 Å². The fourth-order valence-electron chi connectivity index (χ4n) is 1.19. The van der Waals surface area contributed by atoms with Crippen LogP contribution in [0.25, 0.3) is 10.6 Å². The van der Waals surface area contributed by atoms with Gasteiger partial charge in [0.25, 0.3) is 0 Å². The minimum atomic E-state index is 0.496. The molecule has 0 aliphatic heterocycles. The molecule has 2 rings (SSSR count). The molecule has 5 heteroatoms. The predicted octanol–water partition coefficient (Wildman–Crippen LogP) is 3.58. The Morgan fingerprint density at radius 2 is 2.13 bits per heavy atom. The number of hydrogen-bond donors (Lipinski definition) is 1. The standard InChI is InChI=1S/C10H8Cl2N2S/c11-6-1-2-9(12)8(3-6)10-14-5-7(4-13)15-10/h1-3,5H,4,13H2. The maximum Gasteiger partial charge on any atom is 0.125 e. The number of nitrogens with zero attached hydrogens (tertiary/aromatic N) is 1. The molecule has 1 heterocycles. The van der Waals surface area contributed by atoms with Crippen molar-refractivity contribution >= 4 is 34.5 Å². The molecule has 0 bridgehead atoms. The molecule has 1 aromatic carbocycles. The fraction of sp³-hybridized carbons (Fsp3) is 0.100. The summed E-state index contributed by atoms with van der Waals surface area (Å²) in [6.07, 6.45) is 1.76. The lowest BCUT2D eigenvalue weighted by molar-refractivity contribution is 1.10. The van der Waals surface area contributed by atoms with E-state index in [-0.39, 0.29) is 0 Å². The number of aromatic nitrogens is 1. The molecule has 0 amide bonds. The predicted molar refractivity (Wildman–Crippen MR) is 65.5 cm³/mol. The van der Waals surface area contributed by atoms with Crippen molar-refractivity contribution in [1.29, 1.82) is 0 Å². The zero-order chi connectivity index (χ0) is 10.8. The van der Waals surface area contributed by atoms with Crippen molar-refractivity contribution in [3.63, 3.8) is 0 Å².